The number of rotatable bonds is 4. The van der Waals surface area contributed by atoms with Crippen LogP contribution in [0.4, 0.5) is 14.5 Å². The topological polar surface area (TPSA) is 75.5 Å². The number of hydrogen-bond acceptors (Lipinski definition) is 5. The van der Waals surface area contributed by atoms with Crippen molar-refractivity contribution >= 4 is 33.6 Å². The van der Waals surface area contributed by atoms with Crippen LogP contribution < -0.4 is 5.32 Å². The minimum Gasteiger partial charge on any atom is -0.378 e. The van der Waals surface area contributed by atoms with Crippen LogP contribution in [0.15, 0.2) is 41.3 Å². The van der Waals surface area contributed by atoms with E-state index in [2.05, 4.69) is 5.32 Å². The summed E-state index contributed by atoms with van der Waals surface area (Å²) < 4.78 is 59.7. The van der Waals surface area contributed by atoms with Crippen molar-refractivity contribution in [2.75, 3.05) is 18.5 Å². The van der Waals surface area contributed by atoms with Gasteiger partial charge in [-0.3, -0.25) is 4.79 Å². The number of sulfonamides is 1. The molecular formula is C18H16F2N2O4S2. The molecule has 6 nitrogen and oxygen atoms in total. The van der Waals surface area contributed by atoms with E-state index >= 15 is 0 Å². The highest BCUT2D eigenvalue weighted by atomic mass is 32.3. The number of amides is 1. The maximum atomic E-state index is 14.3. The molecule has 0 radical (unpaired) electrons. The number of aryl methyl sites for hydroxylation is 1. The van der Waals surface area contributed by atoms with Gasteiger partial charge in [-0.1, -0.05) is 0 Å². The van der Waals surface area contributed by atoms with E-state index in [1.54, 1.807) is 6.92 Å². The highest BCUT2D eigenvalue weighted by Crippen LogP contribution is 2.59. The Morgan fingerprint density at radius 1 is 1.21 bits per heavy atom. The highest BCUT2D eigenvalue weighted by molar-refractivity contribution is 8.16. The van der Waals surface area contributed by atoms with Gasteiger partial charge in [0, 0.05) is 24.3 Å². The number of anilines is 1. The van der Waals surface area contributed by atoms with E-state index in [0.29, 0.717) is 24.3 Å². The van der Waals surface area contributed by atoms with Crippen LogP contribution in [0.5, 0.6) is 0 Å². The standard InChI is InChI=1S/C18H16F2N2O4S2/c1-11-8-13(3-5-14(11)19)21-17(23)12-2-4-15(20)16(9-12)28(24,25)22-18(27-22)6-7-26-10-18/h2-5,8-9H,6-7,10H2,1H3,(H,21,23)/t18-,22?/m1/s1. The molecule has 2 atom stereocenters. The first-order valence-corrected chi connectivity index (χ1v) is 10.6. The van der Waals surface area contributed by atoms with Crippen LogP contribution in [0, 0.1) is 18.6 Å². The van der Waals surface area contributed by atoms with Gasteiger partial charge in [0.05, 0.1) is 6.61 Å². The quantitative estimate of drug-likeness (QED) is 0.600. The number of ether oxygens (including phenoxy) is 1. The fourth-order valence-corrected chi connectivity index (χ4v) is 6.43. The zero-order valence-electron chi connectivity index (χ0n) is 14.7. The molecule has 10 heteroatoms. The second-order valence-electron chi connectivity index (χ2n) is 6.64. The molecule has 1 N–H and O–H groups in total. The predicted octanol–water partition coefficient (Wildman–Crippen LogP) is 3.29. The van der Waals surface area contributed by atoms with Crippen molar-refractivity contribution in [1.82, 2.24) is 3.71 Å². The predicted molar refractivity (Wildman–Crippen MR) is 100 cm³/mol. The van der Waals surface area contributed by atoms with Crippen molar-refractivity contribution in [3.8, 4) is 0 Å². The molecule has 28 heavy (non-hydrogen) atoms. The number of nitrogens with zero attached hydrogens (tertiary/aromatic N) is 1. The van der Waals surface area contributed by atoms with Crippen molar-refractivity contribution < 1.29 is 26.7 Å². The van der Waals surface area contributed by atoms with Crippen LogP contribution in [-0.4, -0.2) is 36.1 Å². The highest BCUT2D eigenvalue weighted by Gasteiger charge is 2.63. The molecule has 2 heterocycles. The fraction of sp³-hybridized carbons (Fsp3) is 0.278. The average Bonchev–Trinajstić information content (AvgIpc) is 3.17. The first-order valence-electron chi connectivity index (χ1n) is 8.42. The van der Waals surface area contributed by atoms with E-state index < -0.39 is 37.3 Å². The fourth-order valence-electron chi connectivity index (χ4n) is 3.01. The Morgan fingerprint density at radius 3 is 2.64 bits per heavy atom. The molecule has 0 aromatic heterocycles. The number of halogens is 2. The third-order valence-corrected chi connectivity index (χ3v) is 8.39. The molecule has 2 fully saturated rings. The molecule has 1 amide bonds. The lowest BCUT2D eigenvalue weighted by molar-refractivity contribution is 0.102. The molecular weight excluding hydrogens is 410 g/mol. The summed E-state index contributed by atoms with van der Waals surface area (Å²) in [5.41, 5.74) is 0.675. The third kappa shape index (κ3) is 3.30. The van der Waals surface area contributed by atoms with Crippen molar-refractivity contribution in [2.45, 2.75) is 23.1 Å². The van der Waals surface area contributed by atoms with Gasteiger partial charge in [-0.15, -0.1) is 3.71 Å². The summed E-state index contributed by atoms with van der Waals surface area (Å²) >= 11 is 1.09. The SMILES string of the molecule is Cc1cc(NC(=O)c2ccc(F)c(S(=O)(=O)N3S[C@@]34CCOC4)c2)ccc1F. The second-order valence-corrected chi connectivity index (χ2v) is 9.93. The van der Waals surface area contributed by atoms with Crippen LogP contribution in [0.25, 0.3) is 0 Å². The molecule has 2 aliphatic heterocycles. The van der Waals surface area contributed by atoms with Gasteiger partial charge in [0.1, 0.15) is 21.4 Å². The van der Waals surface area contributed by atoms with Crippen LogP contribution in [0.2, 0.25) is 0 Å². The summed E-state index contributed by atoms with van der Waals surface area (Å²) in [5.74, 6) is -1.97. The zero-order valence-corrected chi connectivity index (χ0v) is 16.4. The van der Waals surface area contributed by atoms with Gasteiger partial charge in [-0.25, -0.2) is 17.2 Å². The number of carbonyl (C=O) groups excluding carboxylic acids is 1. The molecule has 1 unspecified atom stereocenters. The molecule has 0 aliphatic carbocycles. The summed E-state index contributed by atoms with van der Waals surface area (Å²) in [6, 6.07) is 7.21. The summed E-state index contributed by atoms with van der Waals surface area (Å²) in [4.78, 5) is 11.2. The molecule has 1 spiro atoms. The Bertz CT molecular complexity index is 1070. The first kappa shape index (κ1) is 19.3. The molecule has 4 rings (SSSR count). The van der Waals surface area contributed by atoms with E-state index in [-0.39, 0.29) is 12.2 Å². The minimum absolute atomic E-state index is 0.0227. The van der Waals surface area contributed by atoms with Crippen LogP contribution in [0.3, 0.4) is 0 Å². The van der Waals surface area contributed by atoms with E-state index in [1.807, 2.05) is 0 Å². The molecule has 2 saturated heterocycles. The Kier molecular flexibility index (Phi) is 4.69. The third-order valence-electron chi connectivity index (χ3n) is 4.62. The van der Waals surface area contributed by atoms with Crippen LogP contribution in [0.1, 0.15) is 22.3 Å². The number of carbonyl (C=O) groups is 1. The smallest absolute Gasteiger partial charge is 0.256 e. The molecule has 2 aliphatic rings. The molecule has 2 aromatic rings. The Balaban J connectivity index is 1.60. The van der Waals surface area contributed by atoms with Gasteiger partial charge >= 0.3 is 0 Å². The van der Waals surface area contributed by atoms with Crippen LogP contribution >= 0.6 is 11.9 Å². The maximum Gasteiger partial charge on any atom is 0.256 e. The summed E-state index contributed by atoms with van der Waals surface area (Å²) in [7, 11) is -4.12. The van der Waals surface area contributed by atoms with Crippen molar-refractivity contribution in [3.05, 3.63) is 59.2 Å². The molecule has 148 valence electrons. The lowest BCUT2D eigenvalue weighted by atomic mass is 10.2. The average molecular weight is 426 g/mol. The van der Waals surface area contributed by atoms with E-state index in [1.165, 1.54) is 24.3 Å². The number of benzene rings is 2. The summed E-state index contributed by atoms with van der Waals surface area (Å²) in [6.07, 6.45) is 0.530. The van der Waals surface area contributed by atoms with Gasteiger partial charge in [0.15, 0.2) is 0 Å². The van der Waals surface area contributed by atoms with Crippen molar-refractivity contribution in [2.24, 2.45) is 0 Å². The Labute approximate surface area is 165 Å². The zero-order chi connectivity index (χ0) is 20.1. The lowest BCUT2D eigenvalue weighted by Crippen LogP contribution is -2.25. The van der Waals surface area contributed by atoms with Crippen molar-refractivity contribution in [3.63, 3.8) is 0 Å². The van der Waals surface area contributed by atoms with Crippen LogP contribution in [-0.2, 0) is 14.8 Å². The Hall–Kier alpha value is -2.01. The van der Waals surface area contributed by atoms with Crippen molar-refractivity contribution in [1.29, 1.82) is 0 Å². The van der Waals surface area contributed by atoms with Gasteiger partial charge in [-0.2, -0.15) is 0 Å². The van der Waals surface area contributed by atoms with Gasteiger partial charge in [0.2, 0.25) is 0 Å². The lowest BCUT2D eigenvalue weighted by Gasteiger charge is -2.11. The van der Waals surface area contributed by atoms with E-state index in [0.717, 1.165) is 27.8 Å². The molecule has 2 aromatic carbocycles. The number of hydrogen-bond donors (Lipinski definition) is 1. The maximum absolute atomic E-state index is 14.3. The van der Waals surface area contributed by atoms with Gasteiger partial charge < -0.3 is 10.1 Å². The second kappa shape index (κ2) is 6.80. The summed E-state index contributed by atoms with van der Waals surface area (Å²) in [6.45, 7) is 2.25. The van der Waals surface area contributed by atoms with Gasteiger partial charge in [-0.05, 0) is 60.8 Å². The summed E-state index contributed by atoms with van der Waals surface area (Å²) in [5, 5.41) is 2.56. The Morgan fingerprint density at radius 2 is 1.96 bits per heavy atom. The van der Waals surface area contributed by atoms with Gasteiger partial charge in [0.25, 0.3) is 15.9 Å². The number of nitrogens with one attached hydrogen (secondary N) is 1. The normalized spacial score (nSPS) is 23.8. The molecule has 0 saturated carbocycles. The largest absolute Gasteiger partial charge is 0.378 e. The monoisotopic (exact) mass is 426 g/mol. The first-order chi connectivity index (χ1) is 13.2. The van der Waals surface area contributed by atoms with E-state index in [9.17, 15) is 22.0 Å². The van der Waals surface area contributed by atoms with E-state index in [4.69, 9.17) is 4.74 Å². The molecule has 0 bridgehead atoms. The minimum atomic E-state index is -4.12.